The maximum absolute atomic E-state index is 11.8. The van der Waals surface area contributed by atoms with E-state index < -0.39 is 12.5 Å². The van der Waals surface area contributed by atoms with Gasteiger partial charge in [0.25, 0.3) is 5.56 Å². The molecule has 0 saturated carbocycles. The number of H-pyrrole nitrogens is 1. The number of amides is 1. The summed E-state index contributed by atoms with van der Waals surface area (Å²) in [4.78, 5) is 21.8. The fourth-order valence-electron chi connectivity index (χ4n) is 1.48. The number of alkyl halides is 3. The SMILES string of the molecule is O=C(Nc1ccc(-c2ccc(=O)[nH]n2)cc1)OC(F)(F)F. The number of aromatic nitrogens is 2. The van der Waals surface area contributed by atoms with Gasteiger partial charge in [-0.2, -0.15) is 5.10 Å². The highest BCUT2D eigenvalue weighted by atomic mass is 19.4. The molecule has 0 aliphatic rings. The van der Waals surface area contributed by atoms with Crippen LogP contribution in [0.1, 0.15) is 0 Å². The molecular formula is C12H8F3N3O3. The van der Waals surface area contributed by atoms with Crippen LogP contribution in [0.25, 0.3) is 11.3 Å². The quantitative estimate of drug-likeness (QED) is 0.892. The minimum Gasteiger partial charge on any atom is -0.356 e. The summed E-state index contributed by atoms with van der Waals surface area (Å²) in [6.07, 6.45) is -6.67. The number of hydrogen-bond acceptors (Lipinski definition) is 4. The van der Waals surface area contributed by atoms with Crippen LogP contribution in [0.2, 0.25) is 0 Å². The summed E-state index contributed by atoms with van der Waals surface area (Å²) >= 11 is 0. The van der Waals surface area contributed by atoms with Crippen LogP contribution in [0.3, 0.4) is 0 Å². The third-order valence-electron chi connectivity index (χ3n) is 2.31. The second-order valence-electron chi connectivity index (χ2n) is 3.84. The van der Waals surface area contributed by atoms with Gasteiger partial charge in [-0.3, -0.25) is 10.1 Å². The highest BCUT2D eigenvalue weighted by molar-refractivity contribution is 5.85. The first-order valence-corrected chi connectivity index (χ1v) is 5.56. The zero-order valence-corrected chi connectivity index (χ0v) is 10.3. The Morgan fingerprint density at radius 3 is 2.33 bits per heavy atom. The fraction of sp³-hybridized carbons (Fsp3) is 0.0833. The zero-order chi connectivity index (χ0) is 15.5. The molecule has 0 spiro atoms. The highest BCUT2D eigenvalue weighted by Crippen LogP contribution is 2.20. The first-order valence-electron chi connectivity index (χ1n) is 5.56. The molecule has 1 aromatic heterocycles. The molecule has 2 rings (SSSR count). The molecule has 21 heavy (non-hydrogen) atoms. The fourth-order valence-corrected chi connectivity index (χ4v) is 1.48. The normalized spacial score (nSPS) is 11.0. The van der Waals surface area contributed by atoms with Crippen LogP contribution in [0.15, 0.2) is 41.2 Å². The first kappa shape index (κ1) is 14.6. The van der Waals surface area contributed by atoms with Gasteiger partial charge in [0, 0.05) is 17.3 Å². The van der Waals surface area contributed by atoms with E-state index >= 15 is 0 Å². The van der Waals surface area contributed by atoms with E-state index in [1.54, 1.807) is 0 Å². The monoisotopic (exact) mass is 299 g/mol. The third-order valence-corrected chi connectivity index (χ3v) is 2.31. The van der Waals surface area contributed by atoms with Crippen LogP contribution in [0.5, 0.6) is 0 Å². The van der Waals surface area contributed by atoms with Gasteiger partial charge >= 0.3 is 12.5 Å². The molecule has 0 atom stereocenters. The molecule has 9 heteroatoms. The second-order valence-corrected chi connectivity index (χ2v) is 3.84. The Balaban J connectivity index is 2.07. The Labute approximate surface area is 115 Å². The summed E-state index contributed by atoms with van der Waals surface area (Å²) in [5, 5.41) is 7.97. The van der Waals surface area contributed by atoms with Crippen LogP contribution >= 0.6 is 0 Å². The summed E-state index contributed by atoms with van der Waals surface area (Å²) in [5.74, 6) is 0. The van der Waals surface area contributed by atoms with Crippen molar-refractivity contribution in [2.24, 2.45) is 0 Å². The van der Waals surface area contributed by atoms with Gasteiger partial charge in [0.2, 0.25) is 0 Å². The van der Waals surface area contributed by atoms with E-state index in [9.17, 15) is 22.8 Å². The van der Waals surface area contributed by atoms with E-state index in [-0.39, 0.29) is 11.2 Å². The van der Waals surface area contributed by atoms with Crippen LogP contribution in [-0.4, -0.2) is 22.7 Å². The Morgan fingerprint density at radius 1 is 1.14 bits per heavy atom. The number of aromatic amines is 1. The van der Waals surface area contributed by atoms with E-state index in [0.29, 0.717) is 11.3 Å². The van der Waals surface area contributed by atoms with Crippen molar-refractivity contribution in [3.8, 4) is 11.3 Å². The van der Waals surface area contributed by atoms with Crippen LogP contribution in [0.4, 0.5) is 23.7 Å². The van der Waals surface area contributed by atoms with E-state index in [4.69, 9.17) is 0 Å². The van der Waals surface area contributed by atoms with Gasteiger partial charge < -0.3 is 4.74 Å². The van der Waals surface area contributed by atoms with E-state index in [1.165, 1.54) is 36.4 Å². The first-order chi connectivity index (χ1) is 9.83. The molecule has 0 saturated heterocycles. The summed E-state index contributed by atoms with van der Waals surface area (Å²) in [5.41, 5.74) is 0.851. The molecular weight excluding hydrogens is 291 g/mol. The number of anilines is 1. The number of ether oxygens (including phenoxy) is 1. The molecule has 0 aliphatic heterocycles. The number of rotatable bonds is 2. The van der Waals surface area contributed by atoms with Gasteiger partial charge in [0.1, 0.15) is 0 Å². The summed E-state index contributed by atoms with van der Waals surface area (Å²) < 4.78 is 38.6. The largest absolute Gasteiger partial charge is 0.576 e. The molecule has 1 amide bonds. The highest BCUT2D eigenvalue weighted by Gasteiger charge is 2.34. The summed E-state index contributed by atoms with van der Waals surface area (Å²) in [6, 6.07) is 8.56. The van der Waals surface area contributed by atoms with E-state index in [0.717, 1.165) is 0 Å². The number of benzene rings is 1. The lowest BCUT2D eigenvalue weighted by molar-refractivity contribution is -0.289. The van der Waals surface area contributed by atoms with Gasteiger partial charge in [-0.05, 0) is 18.2 Å². The molecule has 0 aliphatic carbocycles. The lowest BCUT2D eigenvalue weighted by Crippen LogP contribution is -2.23. The van der Waals surface area contributed by atoms with Crippen molar-refractivity contribution in [3.63, 3.8) is 0 Å². The number of nitrogens with one attached hydrogen (secondary N) is 2. The molecule has 110 valence electrons. The Hall–Kier alpha value is -2.84. The third kappa shape index (κ3) is 4.34. The van der Waals surface area contributed by atoms with Crippen molar-refractivity contribution in [3.05, 3.63) is 46.8 Å². The van der Waals surface area contributed by atoms with Gasteiger partial charge in [0.15, 0.2) is 0 Å². The molecule has 0 unspecified atom stereocenters. The molecule has 0 radical (unpaired) electrons. The summed E-state index contributed by atoms with van der Waals surface area (Å²) in [6.45, 7) is 0. The molecule has 2 aromatic rings. The van der Waals surface area contributed by atoms with Gasteiger partial charge in [0.05, 0.1) is 5.69 Å². The number of carbonyl (C=O) groups excluding carboxylic acids is 1. The van der Waals surface area contributed by atoms with Crippen molar-refractivity contribution >= 4 is 11.8 Å². The number of carbonyl (C=O) groups is 1. The van der Waals surface area contributed by atoms with Crippen LogP contribution in [-0.2, 0) is 4.74 Å². The molecule has 1 aromatic carbocycles. The van der Waals surface area contributed by atoms with Crippen molar-refractivity contribution in [1.82, 2.24) is 10.2 Å². The minimum absolute atomic E-state index is 0.123. The standard InChI is InChI=1S/C12H8F3N3O3/c13-12(14,15)21-11(20)16-8-3-1-7(2-4-8)9-5-6-10(19)18-17-9/h1-6H,(H,16,20)(H,18,19). The second kappa shape index (κ2) is 5.65. The average Bonchev–Trinajstić information content (AvgIpc) is 2.38. The Kier molecular flexibility index (Phi) is 3.92. The van der Waals surface area contributed by atoms with Crippen LogP contribution in [0, 0.1) is 0 Å². The topological polar surface area (TPSA) is 84.1 Å². The lowest BCUT2D eigenvalue weighted by atomic mass is 10.1. The van der Waals surface area contributed by atoms with Crippen LogP contribution < -0.4 is 10.9 Å². The predicted molar refractivity (Wildman–Crippen MR) is 66.5 cm³/mol. The Bertz CT molecular complexity index is 675. The molecule has 0 fully saturated rings. The van der Waals surface area contributed by atoms with Gasteiger partial charge in [-0.25, -0.2) is 9.89 Å². The maximum atomic E-state index is 11.8. The number of halogens is 3. The van der Waals surface area contributed by atoms with Gasteiger partial charge in [-0.15, -0.1) is 13.2 Å². The zero-order valence-electron chi connectivity index (χ0n) is 10.3. The molecule has 0 bridgehead atoms. The lowest BCUT2D eigenvalue weighted by Gasteiger charge is -2.09. The molecule has 6 nitrogen and oxygen atoms in total. The van der Waals surface area contributed by atoms with Gasteiger partial charge in [-0.1, -0.05) is 12.1 Å². The smallest absolute Gasteiger partial charge is 0.356 e. The Morgan fingerprint density at radius 2 is 1.81 bits per heavy atom. The summed E-state index contributed by atoms with van der Waals surface area (Å²) in [7, 11) is 0. The number of hydrogen-bond donors (Lipinski definition) is 2. The maximum Gasteiger partial charge on any atom is 0.576 e. The molecule has 2 N–H and O–H groups in total. The molecule has 1 heterocycles. The van der Waals surface area contributed by atoms with Crippen molar-refractivity contribution in [2.45, 2.75) is 6.36 Å². The minimum atomic E-state index is -5.04. The number of nitrogens with zero attached hydrogens (tertiary/aromatic N) is 1. The van der Waals surface area contributed by atoms with Crippen molar-refractivity contribution in [2.75, 3.05) is 5.32 Å². The van der Waals surface area contributed by atoms with Crippen molar-refractivity contribution in [1.29, 1.82) is 0 Å². The van der Waals surface area contributed by atoms with Crippen molar-refractivity contribution < 1.29 is 22.7 Å². The van der Waals surface area contributed by atoms with E-state index in [1.807, 2.05) is 5.32 Å². The van der Waals surface area contributed by atoms with E-state index in [2.05, 4.69) is 14.9 Å². The predicted octanol–water partition coefficient (Wildman–Crippen LogP) is 2.51. The average molecular weight is 299 g/mol.